The van der Waals surface area contributed by atoms with E-state index in [0.29, 0.717) is 19.6 Å². The number of ether oxygens (including phenoxy) is 1. The van der Waals surface area contributed by atoms with Crippen LogP contribution in [0.15, 0.2) is 58.8 Å². The molecule has 1 aromatic heterocycles. The van der Waals surface area contributed by atoms with Crippen LogP contribution in [0.3, 0.4) is 0 Å². The number of aromatic nitrogens is 3. The van der Waals surface area contributed by atoms with E-state index in [9.17, 15) is 9.90 Å². The van der Waals surface area contributed by atoms with Gasteiger partial charge in [-0.2, -0.15) is 0 Å². The van der Waals surface area contributed by atoms with E-state index in [1.54, 1.807) is 18.1 Å². The fourth-order valence-corrected chi connectivity index (χ4v) is 4.61. The van der Waals surface area contributed by atoms with Crippen molar-refractivity contribution in [1.29, 1.82) is 0 Å². The van der Waals surface area contributed by atoms with Crippen LogP contribution in [0.5, 0.6) is 5.75 Å². The average molecular weight is 497 g/mol. The monoisotopic (exact) mass is 496 g/mol. The van der Waals surface area contributed by atoms with Crippen LogP contribution < -0.4 is 10.1 Å². The van der Waals surface area contributed by atoms with Crippen molar-refractivity contribution >= 4 is 23.4 Å². The summed E-state index contributed by atoms with van der Waals surface area (Å²) in [4.78, 5) is 12.5. The number of unbranched alkanes of at least 4 members (excludes halogenated alkanes) is 4. The van der Waals surface area contributed by atoms with Gasteiger partial charge in [-0.15, -0.1) is 10.2 Å². The molecule has 1 atom stereocenters. The minimum absolute atomic E-state index is 0.472. The van der Waals surface area contributed by atoms with Gasteiger partial charge in [0, 0.05) is 29.7 Å². The predicted molar refractivity (Wildman–Crippen MR) is 140 cm³/mol. The van der Waals surface area contributed by atoms with Crippen molar-refractivity contribution in [3.8, 4) is 5.75 Å². The normalized spacial score (nSPS) is 11.9. The number of hydrogen-bond donors (Lipinski definition) is 2. The lowest BCUT2D eigenvalue weighted by atomic mass is 9.96. The van der Waals surface area contributed by atoms with E-state index >= 15 is 0 Å². The number of hydrogen-bond acceptors (Lipinski definition) is 6. The number of nitrogens with one attached hydrogen (secondary N) is 1. The lowest BCUT2D eigenvalue weighted by molar-refractivity contribution is -0.138. The number of aliphatic carboxylic acids is 1. The second-order valence-corrected chi connectivity index (χ2v) is 9.67. The second-order valence-electron chi connectivity index (χ2n) is 8.63. The highest BCUT2D eigenvalue weighted by Crippen LogP contribution is 2.31. The van der Waals surface area contributed by atoms with Crippen LogP contribution >= 0.6 is 11.8 Å². The summed E-state index contributed by atoms with van der Waals surface area (Å²) in [6.07, 6.45) is 8.22. The van der Waals surface area contributed by atoms with Gasteiger partial charge in [0.1, 0.15) is 12.1 Å². The molecule has 0 spiro atoms. The van der Waals surface area contributed by atoms with Gasteiger partial charge in [-0.05, 0) is 54.4 Å². The number of aryl methyl sites for hydroxylation is 1. The van der Waals surface area contributed by atoms with Gasteiger partial charge in [0.05, 0.1) is 12.5 Å². The molecule has 0 aliphatic rings. The smallest absolute Gasteiger partial charge is 0.310 e. The molecular weight excluding hydrogens is 460 g/mol. The highest BCUT2D eigenvalue weighted by atomic mass is 32.2. The maximum atomic E-state index is 11.4. The van der Waals surface area contributed by atoms with Crippen LogP contribution in [0.1, 0.15) is 69.4 Å². The molecule has 1 heterocycles. The molecule has 0 fully saturated rings. The van der Waals surface area contributed by atoms with Gasteiger partial charge in [-0.25, -0.2) is 0 Å². The van der Waals surface area contributed by atoms with E-state index in [4.69, 9.17) is 4.74 Å². The molecule has 1 unspecified atom stereocenters. The number of anilines is 1. The molecule has 0 aliphatic carbocycles. The van der Waals surface area contributed by atoms with Crippen molar-refractivity contribution in [3.63, 3.8) is 0 Å². The molecule has 2 aromatic carbocycles. The standard InChI is InChI=1S/C27H36N4O3S/c1-4-6-7-8-9-16-34-25-17-23(35-27-30-29-19-31(27)3)15-12-21(25)18-28-22-13-10-20(11-14-22)24(5-2)26(32)33/h10-15,17,19,24,28H,4-9,16,18H2,1-3H3,(H,32,33). The minimum Gasteiger partial charge on any atom is -0.493 e. The van der Waals surface area contributed by atoms with Gasteiger partial charge in [0.2, 0.25) is 0 Å². The molecule has 0 saturated heterocycles. The van der Waals surface area contributed by atoms with Gasteiger partial charge >= 0.3 is 5.97 Å². The number of carboxylic acid groups (broad SMARTS) is 1. The van der Waals surface area contributed by atoms with Crippen molar-refractivity contribution in [2.75, 3.05) is 11.9 Å². The zero-order valence-corrected chi connectivity index (χ0v) is 21.7. The first-order valence-electron chi connectivity index (χ1n) is 12.4. The van der Waals surface area contributed by atoms with E-state index < -0.39 is 11.9 Å². The Hall–Kier alpha value is -3.00. The summed E-state index contributed by atoms with van der Waals surface area (Å²) in [6.45, 7) is 5.41. The second kappa shape index (κ2) is 13.8. The zero-order valence-electron chi connectivity index (χ0n) is 20.9. The summed E-state index contributed by atoms with van der Waals surface area (Å²) in [5.74, 6) is -0.391. The summed E-state index contributed by atoms with van der Waals surface area (Å²) >= 11 is 1.56. The molecule has 3 rings (SSSR count). The fourth-order valence-electron chi connectivity index (χ4n) is 3.82. The maximum Gasteiger partial charge on any atom is 0.310 e. The van der Waals surface area contributed by atoms with Gasteiger partial charge < -0.3 is 19.7 Å². The third kappa shape index (κ3) is 8.02. The van der Waals surface area contributed by atoms with Crippen LogP contribution in [0, 0.1) is 0 Å². The van der Waals surface area contributed by atoms with E-state index in [0.717, 1.165) is 39.0 Å². The van der Waals surface area contributed by atoms with Crippen molar-refractivity contribution in [2.45, 2.75) is 74.9 Å². The summed E-state index contributed by atoms with van der Waals surface area (Å²) in [7, 11) is 1.93. The van der Waals surface area contributed by atoms with Crippen LogP contribution in [-0.4, -0.2) is 32.4 Å². The van der Waals surface area contributed by atoms with Gasteiger partial charge in [-0.1, -0.05) is 57.7 Å². The Morgan fingerprint density at radius 3 is 2.54 bits per heavy atom. The molecule has 0 saturated carbocycles. The van der Waals surface area contributed by atoms with E-state index in [2.05, 4.69) is 40.6 Å². The molecule has 0 aliphatic heterocycles. The van der Waals surface area contributed by atoms with E-state index in [-0.39, 0.29) is 0 Å². The molecule has 2 N–H and O–H groups in total. The summed E-state index contributed by atoms with van der Waals surface area (Å²) in [5.41, 5.74) is 2.83. The lowest BCUT2D eigenvalue weighted by Crippen LogP contribution is -2.10. The van der Waals surface area contributed by atoms with Crippen LogP contribution in [0.25, 0.3) is 0 Å². The Bertz CT molecular complexity index is 1070. The average Bonchev–Trinajstić information content (AvgIpc) is 3.26. The largest absolute Gasteiger partial charge is 0.493 e. The van der Waals surface area contributed by atoms with E-state index in [1.165, 1.54) is 25.7 Å². The summed E-state index contributed by atoms with van der Waals surface area (Å²) in [5, 5.41) is 21.8. The number of nitrogens with zero attached hydrogens (tertiary/aromatic N) is 3. The third-order valence-corrected chi connectivity index (χ3v) is 6.97. The zero-order chi connectivity index (χ0) is 25.0. The van der Waals surface area contributed by atoms with Crippen molar-refractivity contribution in [1.82, 2.24) is 14.8 Å². The van der Waals surface area contributed by atoms with Crippen molar-refractivity contribution in [2.24, 2.45) is 7.05 Å². The number of rotatable bonds is 15. The molecule has 3 aromatic rings. The van der Waals surface area contributed by atoms with Gasteiger partial charge in [0.15, 0.2) is 5.16 Å². The Labute approximate surface area is 212 Å². The van der Waals surface area contributed by atoms with Gasteiger partial charge in [-0.3, -0.25) is 4.79 Å². The Morgan fingerprint density at radius 1 is 1.11 bits per heavy atom. The lowest BCUT2D eigenvalue weighted by Gasteiger charge is -2.15. The SMILES string of the molecule is CCCCCCCOc1cc(Sc2nncn2C)ccc1CNc1ccc(C(CC)C(=O)O)cc1. The highest BCUT2D eigenvalue weighted by molar-refractivity contribution is 7.99. The number of benzene rings is 2. The Balaban J connectivity index is 1.67. The molecule has 0 bridgehead atoms. The molecule has 0 amide bonds. The van der Waals surface area contributed by atoms with Gasteiger partial charge in [0.25, 0.3) is 0 Å². The first-order valence-corrected chi connectivity index (χ1v) is 13.2. The van der Waals surface area contributed by atoms with Crippen LogP contribution in [0.2, 0.25) is 0 Å². The summed E-state index contributed by atoms with van der Waals surface area (Å²) in [6, 6.07) is 13.9. The van der Waals surface area contributed by atoms with Crippen molar-refractivity contribution < 1.29 is 14.6 Å². The third-order valence-electron chi connectivity index (χ3n) is 5.93. The summed E-state index contributed by atoms with van der Waals surface area (Å²) < 4.78 is 8.12. The molecule has 0 radical (unpaired) electrons. The van der Waals surface area contributed by atoms with Crippen molar-refractivity contribution in [3.05, 3.63) is 59.9 Å². The number of carboxylic acids is 1. The van der Waals surface area contributed by atoms with E-state index in [1.807, 2.05) is 42.8 Å². The molecular formula is C27H36N4O3S. The van der Waals surface area contributed by atoms with Crippen LogP contribution in [-0.2, 0) is 18.4 Å². The highest BCUT2D eigenvalue weighted by Gasteiger charge is 2.17. The Kier molecular flexibility index (Phi) is 10.5. The number of carbonyl (C=O) groups is 1. The van der Waals surface area contributed by atoms with Crippen LogP contribution in [0.4, 0.5) is 5.69 Å². The molecule has 8 heteroatoms. The molecule has 7 nitrogen and oxygen atoms in total. The first kappa shape index (κ1) is 26.6. The first-order chi connectivity index (χ1) is 17.0. The Morgan fingerprint density at radius 2 is 1.89 bits per heavy atom. The fraction of sp³-hybridized carbons (Fsp3) is 0.444. The molecule has 188 valence electrons. The predicted octanol–water partition coefficient (Wildman–Crippen LogP) is 6.51. The quantitative estimate of drug-likeness (QED) is 0.232. The minimum atomic E-state index is -0.788. The topological polar surface area (TPSA) is 89.3 Å². The molecule has 35 heavy (non-hydrogen) atoms. The maximum absolute atomic E-state index is 11.4.